The van der Waals surface area contributed by atoms with Crippen LogP contribution in [0.2, 0.25) is 5.82 Å². The summed E-state index contributed by atoms with van der Waals surface area (Å²) >= 11 is 0. The van der Waals surface area contributed by atoms with Crippen LogP contribution in [0.4, 0.5) is 0 Å². The average molecular weight is 851 g/mol. The number of ether oxygens (including phenoxy) is 7. The van der Waals surface area contributed by atoms with Gasteiger partial charge < -0.3 is 60.3 Å². The van der Waals surface area contributed by atoms with Crippen LogP contribution in [0.3, 0.4) is 0 Å². The Morgan fingerprint density at radius 3 is 2.09 bits per heavy atom. The van der Waals surface area contributed by atoms with Gasteiger partial charge in [-0.3, -0.25) is 14.4 Å². The molecule has 3 radical (unpaired) electrons. The maximum Gasteiger partial charge on any atom is 2.00 e. The number of methoxy groups -OCH3 is 2. The van der Waals surface area contributed by atoms with E-state index in [9.17, 15) is 14.4 Å². The van der Waals surface area contributed by atoms with Gasteiger partial charge in [-0.05, 0) is 18.8 Å². The van der Waals surface area contributed by atoms with E-state index in [0.717, 1.165) is 18.9 Å². The van der Waals surface area contributed by atoms with Crippen LogP contribution >= 0.6 is 0 Å². The summed E-state index contributed by atoms with van der Waals surface area (Å²) in [5.41, 5.74) is 0. The molecule has 263 valence electrons. The molecule has 7 unspecified atom stereocenters. The second-order valence-corrected chi connectivity index (χ2v) is 10.4. The van der Waals surface area contributed by atoms with E-state index in [4.69, 9.17) is 36.3 Å². The molecule has 0 bridgehead atoms. The average Bonchev–Trinajstić information content (AvgIpc) is 3.33. The topological polar surface area (TPSA) is 128 Å². The van der Waals surface area contributed by atoms with Crippen LogP contribution in [0.25, 0.3) is 0 Å². The number of carbonyl (C=O) groups excluding carboxylic acids is 3. The predicted octanol–water partition coefficient (Wildman–Crippen LogP) is 3.79. The van der Waals surface area contributed by atoms with Crippen LogP contribution in [0.1, 0.15) is 59.8 Å². The number of hydrogen-bond donors (Lipinski definition) is 1. The van der Waals surface area contributed by atoms with Gasteiger partial charge in [-0.2, -0.15) is 0 Å². The van der Waals surface area contributed by atoms with Gasteiger partial charge in [0, 0.05) is 87.7 Å². The van der Waals surface area contributed by atoms with E-state index in [1.165, 1.54) is 26.7 Å². The van der Waals surface area contributed by atoms with E-state index in [1.807, 2.05) is 13.8 Å². The molecule has 2 rings (SSSR count). The Kier molecular flexibility index (Phi) is 40.1. The fourth-order valence-corrected chi connectivity index (χ4v) is 4.54. The molecule has 1 aliphatic carbocycles. The van der Waals surface area contributed by atoms with Gasteiger partial charge in [-0.25, -0.2) is 0 Å². The van der Waals surface area contributed by atoms with Crippen molar-refractivity contribution in [2.24, 2.45) is 17.8 Å². The molecule has 1 aliphatic heterocycles. The Labute approximate surface area is 301 Å². The second-order valence-electron chi connectivity index (χ2n) is 10.4. The number of rotatable bonds is 14. The van der Waals surface area contributed by atoms with Crippen molar-refractivity contribution in [3.8, 4) is 0 Å². The van der Waals surface area contributed by atoms with Crippen molar-refractivity contribution in [3.63, 3.8) is 0 Å². The fourth-order valence-electron chi connectivity index (χ4n) is 4.54. The van der Waals surface area contributed by atoms with Crippen LogP contribution in [-0.2, 0) is 87.2 Å². The molecular weight excluding hydrogens is 792 g/mol. The molecule has 1 saturated heterocycles. The predicted molar refractivity (Wildman–Crippen MR) is 168 cm³/mol. The first-order chi connectivity index (χ1) is 19.5. The zero-order valence-corrected chi connectivity index (χ0v) is 33.4. The van der Waals surface area contributed by atoms with Gasteiger partial charge in [0.25, 0.3) is 0 Å². The number of nitrogens with one attached hydrogen (secondary N) is 1. The second kappa shape index (κ2) is 33.4. The van der Waals surface area contributed by atoms with Gasteiger partial charge >= 0.3 is 30.5 Å². The van der Waals surface area contributed by atoms with Crippen LogP contribution in [0, 0.1) is 39.5 Å². The van der Waals surface area contributed by atoms with Gasteiger partial charge in [0.05, 0.1) is 21.1 Å². The van der Waals surface area contributed by atoms with Gasteiger partial charge in [0.2, 0.25) is 5.91 Å². The van der Waals surface area contributed by atoms with Crippen LogP contribution in [-0.4, -0.2) is 105 Å². The van der Waals surface area contributed by atoms with Gasteiger partial charge in [-0.15, -0.1) is 0 Å². The van der Waals surface area contributed by atoms with E-state index >= 15 is 0 Å². The summed E-state index contributed by atoms with van der Waals surface area (Å²) in [6.07, 6.45) is 2.77. The van der Waals surface area contributed by atoms with Crippen molar-refractivity contribution in [1.29, 1.82) is 0 Å². The minimum absolute atomic E-state index is 0. The van der Waals surface area contributed by atoms with Crippen LogP contribution in [0.15, 0.2) is 0 Å². The quantitative estimate of drug-likeness (QED) is 0.120. The van der Waals surface area contributed by atoms with Crippen molar-refractivity contribution in [1.82, 2.24) is 5.32 Å². The molecular formula is C31H59BNO10VW-. The molecule has 1 N–H and O–H groups in total. The Morgan fingerprint density at radius 1 is 0.978 bits per heavy atom. The Bertz CT molecular complexity index is 726. The molecule has 45 heavy (non-hydrogen) atoms. The van der Waals surface area contributed by atoms with E-state index < -0.39 is 30.4 Å². The molecule has 1 saturated carbocycles. The monoisotopic (exact) mass is 851 g/mol. The van der Waals surface area contributed by atoms with E-state index in [0.29, 0.717) is 45.0 Å². The molecule has 14 heteroatoms. The first kappa shape index (κ1) is 54.0. The Balaban J connectivity index is -0.000000281. The van der Waals surface area contributed by atoms with E-state index in [1.54, 1.807) is 21.3 Å². The molecule has 0 aromatic heterocycles. The summed E-state index contributed by atoms with van der Waals surface area (Å²) in [5.74, 6) is 0.142. The van der Waals surface area contributed by atoms with E-state index in [2.05, 4.69) is 17.0 Å². The summed E-state index contributed by atoms with van der Waals surface area (Å²) in [6.45, 7) is 12.5. The number of hydrogen-bond acceptors (Lipinski definition) is 10. The smallest absolute Gasteiger partial charge is 0.463 e. The third kappa shape index (κ3) is 26.2. The minimum atomic E-state index is -0.615. The standard InChI is InChI=1S/C20H34NO8.C7H13BO.C2H6O.2CH3.V.W/c1-6-25-11-9-21-18(24)8-7-10-26-20-14(3)13(2)19(28-16(5)23)17(29-20)12-27-15(4)22;1-9-5-6-2-3-7(8)4-6;1-3-2;;;;/h13-14,17,19-20H,1,6-12H2,2-5H3,(H,21,24);6-7H,2-5H2,1H3;1-2H3;2*1H3;;/q-1;;;2*-1;+2;. The Morgan fingerprint density at radius 2 is 1.60 bits per heavy atom. The van der Waals surface area contributed by atoms with Crippen molar-refractivity contribution >= 4 is 25.7 Å². The minimum Gasteiger partial charge on any atom is -0.463 e. The van der Waals surface area contributed by atoms with Crippen molar-refractivity contribution in [3.05, 3.63) is 21.8 Å². The van der Waals surface area contributed by atoms with Crippen LogP contribution < -0.4 is 5.32 Å². The summed E-state index contributed by atoms with van der Waals surface area (Å²) in [5, 5.41) is 2.75. The van der Waals surface area contributed by atoms with Gasteiger partial charge in [-0.1, -0.05) is 39.1 Å². The Hall–Kier alpha value is -0.452. The maximum atomic E-state index is 11.8. The summed E-state index contributed by atoms with van der Waals surface area (Å²) in [6, 6.07) is 0. The molecule has 1 heterocycles. The number of carbonyl (C=O) groups is 3. The zero-order valence-electron chi connectivity index (χ0n) is 29.0. The number of esters is 2. The summed E-state index contributed by atoms with van der Waals surface area (Å²) in [4.78, 5) is 34.4. The molecule has 7 atom stereocenters. The van der Waals surface area contributed by atoms with Gasteiger partial charge in [0.15, 0.2) is 6.29 Å². The summed E-state index contributed by atoms with van der Waals surface area (Å²) in [7, 11) is 10.7. The number of amides is 1. The third-order valence-electron chi connectivity index (χ3n) is 6.73. The fraction of sp³-hybridized carbons (Fsp3) is 0.806. The molecule has 2 aliphatic rings. The van der Waals surface area contributed by atoms with Crippen LogP contribution in [0.5, 0.6) is 0 Å². The molecule has 2 fully saturated rings. The molecule has 11 nitrogen and oxygen atoms in total. The molecule has 0 aromatic rings. The molecule has 0 spiro atoms. The third-order valence-corrected chi connectivity index (χ3v) is 6.73. The maximum absolute atomic E-state index is 11.8. The molecule has 1 amide bonds. The largest absolute Gasteiger partial charge is 2.00 e. The summed E-state index contributed by atoms with van der Waals surface area (Å²) < 4.78 is 36.6. The first-order valence-electron chi connectivity index (χ1n) is 14.4. The van der Waals surface area contributed by atoms with Crippen molar-refractivity contribution in [2.75, 3.05) is 60.9 Å². The molecule has 0 aromatic carbocycles. The van der Waals surface area contributed by atoms with Gasteiger partial charge in [0.1, 0.15) is 18.8 Å². The van der Waals surface area contributed by atoms with Crippen molar-refractivity contribution in [2.45, 2.75) is 84.1 Å². The van der Waals surface area contributed by atoms with Crippen molar-refractivity contribution < 1.29 is 87.2 Å². The SMILES string of the molecule is COC.[B]C1CCC(COC)C1.[CH2-]COCCNC(=O)CCCOC1OC(COC(C)=O)C(OC(C)=O)C(C)C1C.[CH3-].[CH3-].[V+2].[W]. The first-order valence-corrected chi connectivity index (χ1v) is 14.4. The zero-order chi connectivity index (χ0) is 31.2. The van der Waals surface area contributed by atoms with E-state index in [-0.39, 0.29) is 78.8 Å². The normalized spacial score (nSPS) is 24.6.